The number of carbonyl (C=O) groups is 1. The maximum absolute atomic E-state index is 12.0. The first kappa shape index (κ1) is 15.5. The number of carbonyl (C=O) groups excluding carboxylic acids is 1. The lowest BCUT2D eigenvalue weighted by Crippen LogP contribution is -2.34. The lowest BCUT2D eigenvalue weighted by atomic mass is 10.2. The van der Waals surface area contributed by atoms with E-state index >= 15 is 0 Å². The molecule has 2 rings (SSSR count). The van der Waals surface area contributed by atoms with Crippen LogP contribution in [-0.2, 0) is 0 Å². The van der Waals surface area contributed by atoms with Gasteiger partial charge in [-0.25, -0.2) is 0 Å². The highest BCUT2D eigenvalue weighted by atomic mass is 79.9. The smallest absolute Gasteiger partial charge is 0.257 e. The summed E-state index contributed by atoms with van der Waals surface area (Å²) in [6.07, 6.45) is 0. The second kappa shape index (κ2) is 7.19. The fourth-order valence-electron chi connectivity index (χ4n) is 1.68. The number of thiocarbonyl (C=S) groups is 1. The number of amides is 1. The van der Waals surface area contributed by atoms with E-state index in [0.717, 1.165) is 10.2 Å². The van der Waals surface area contributed by atoms with Gasteiger partial charge in [0.05, 0.1) is 7.11 Å². The standard InChI is InChI=1S/C15H13BrN2O2S/c1-20-13-8-11(16)7-12(9-13)17-15(21)18-14(19)10-5-3-2-4-6-10/h2-9H,1H3,(H2,17,18,19,21). The molecule has 0 bridgehead atoms. The van der Waals surface area contributed by atoms with Crippen LogP contribution in [-0.4, -0.2) is 18.1 Å². The maximum Gasteiger partial charge on any atom is 0.257 e. The van der Waals surface area contributed by atoms with Crippen LogP contribution in [0.3, 0.4) is 0 Å². The number of anilines is 1. The Morgan fingerprint density at radius 1 is 1.19 bits per heavy atom. The van der Waals surface area contributed by atoms with Gasteiger partial charge in [0.1, 0.15) is 5.75 Å². The molecule has 0 aromatic heterocycles. The minimum absolute atomic E-state index is 0.226. The van der Waals surface area contributed by atoms with Crippen LogP contribution >= 0.6 is 28.1 Å². The Kier molecular flexibility index (Phi) is 5.30. The zero-order valence-electron chi connectivity index (χ0n) is 11.2. The minimum Gasteiger partial charge on any atom is -0.497 e. The van der Waals surface area contributed by atoms with Crippen molar-refractivity contribution < 1.29 is 9.53 Å². The van der Waals surface area contributed by atoms with Gasteiger partial charge < -0.3 is 10.1 Å². The number of methoxy groups -OCH3 is 1. The molecular weight excluding hydrogens is 352 g/mol. The average molecular weight is 365 g/mol. The highest BCUT2D eigenvalue weighted by Gasteiger charge is 2.08. The molecule has 0 aliphatic carbocycles. The van der Waals surface area contributed by atoms with Crippen LogP contribution < -0.4 is 15.4 Å². The van der Waals surface area contributed by atoms with Gasteiger partial charge in [0.15, 0.2) is 5.11 Å². The molecule has 0 aliphatic heterocycles. The molecular formula is C15H13BrN2O2S. The van der Waals surface area contributed by atoms with Crippen molar-refractivity contribution in [2.75, 3.05) is 12.4 Å². The largest absolute Gasteiger partial charge is 0.497 e. The minimum atomic E-state index is -0.255. The summed E-state index contributed by atoms with van der Waals surface area (Å²) in [5, 5.41) is 5.80. The third-order valence-corrected chi connectivity index (χ3v) is 3.29. The van der Waals surface area contributed by atoms with Crippen LogP contribution in [0.4, 0.5) is 5.69 Å². The molecule has 108 valence electrons. The van der Waals surface area contributed by atoms with Crippen molar-refractivity contribution in [3.8, 4) is 5.75 Å². The molecule has 0 saturated carbocycles. The summed E-state index contributed by atoms with van der Waals surface area (Å²) < 4.78 is 6.02. The molecule has 0 heterocycles. The third kappa shape index (κ3) is 4.54. The number of ether oxygens (including phenoxy) is 1. The quantitative estimate of drug-likeness (QED) is 0.817. The van der Waals surface area contributed by atoms with E-state index in [0.29, 0.717) is 11.3 Å². The van der Waals surface area contributed by atoms with Gasteiger partial charge in [-0.05, 0) is 36.5 Å². The van der Waals surface area contributed by atoms with Gasteiger partial charge in [0.25, 0.3) is 5.91 Å². The summed E-state index contributed by atoms with van der Waals surface area (Å²) in [5.74, 6) is 0.430. The molecule has 0 atom stereocenters. The van der Waals surface area contributed by atoms with Gasteiger partial charge in [-0.15, -0.1) is 0 Å². The molecule has 2 N–H and O–H groups in total. The second-order valence-electron chi connectivity index (χ2n) is 4.15. The van der Waals surface area contributed by atoms with Gasteiger partial charge in [-0.1, -0.05) is 34.1 Å². The zero-order chi connectivity index (χ0) is 15.2. The Balaban J connectivity index is 2.02. The van der Waals surface area contributed by atoms with Crippen molar-refractivity contribution in [3.05, 3.63) is 58.6 Å². The first-order valence-corrected chi connectivity index (χ1v) is 7.30. The maximum atomic E-state index is 12.0. The van der Waals surface area contributed by atoms with Crippen molar-refractivity contribution in [2.45, 2.75) is 0 Å². The Morgan fingerprint density at radius 2 is 1.90 bits per heavy atom. The number of hydrogen-bond acceptors (Lipinski definition) is 3. The number of rotatable bonds is 3. The number of benzene rings is 2. The first-order valence-electron chi connectivity index (χ1n) is 6.10. The normalized spacial score (nSPS) is 9.81. The summed E-state index contributed by atoms with van der Waals surface area (Å²) >= 11 is 8.52. The predicted octanol–water partition coefficient (Wildman–Crippen LogP) is 3.58. The van der Waals surface area contributed by atoms with Crippen LogP contribution in [0.25, 0.3) is 0 Å². The zero-order valence-corrected chi connectivity index (χ0v) is 13.6. The van der Waals surface area contributed by atoms with Gasteiger partial charge in [-0.2, -0.15) is 0 Å². The Hall–Kier alpha value is -1.92. The molecule has 4 nitrogen and oxygen atoms in total. The monoisotopic (exact) mass is 364 g/mol. The molecule has 1 amide bonds. The van der Waals surface area contributed by atoms with E-state index in [9.17, 15) is 4.79 Å². The number of nitrogens with one attached hydrogen (secondary N) is 2. The van der Waals surface area contributed by atoms with Crippen molar-refractivity contribution in [1.82, 2.24) is 5.32 Å². The fraction of sp³-hybridized carbons (Fsp3) is 0.0667. The van der Waals surface area contributed by atoms with E-state index in [4.69, 9.17) is 17.0 Å². The topological polar surface area (TPSA) is 50.4 Å². The van der Waals surface area contributed by atoms with E-state index in [1.165, 1.54) is 0 Å². The number of hydrogen-bond donors (Lipinski definition) is 2. The van der Waals surface area contributed by atoms with Gasteiger partial charge >= 0.3 is 0 Å². The second-order valence-corrected chi connectivity index (χ2v) is 5.48. The molecule has 0 unspecified atom stereocenters. The lowest BCUT2D eigenvalue weighted by molar-refractivity contribution is 0.0978. The van der Waals surface area contributed by atoms with Crippen LogP contribution in [0.15, 0.2) is 53.0 Å². The molecule has 0 fully saturated rings. The summed E-state index contributed by atoms with van der Waals surface area (Å²) in [6.45, 7) is 0. The van der Waals surface area contributed by atoms with Gasteiger partial charge in [0.2, 0.25) is 0 Å². The predicted molar refractivity (Wildman–Crippen MR) is 90.8 cm³/mol. The summed E-state index contributed by atoms with van der Waals surface area (Å²) in [6, 6.07) is 14.3. The van der Waals surface area contributed by atoms with Crippen LogP contribution in [0.1, 0.15) is 10.4 Å². The van der Waals surface area contributed by atoms with Gasteiger partial charge in [-0.3, -0.25) is 10.1 Å². The average Bonchev–Trinajstić information content (AvgIpc) is 2.47. The van der Waals surface area contributed by atoms with E-state index in [2.05, 4.69) is 26.6 Å². The molecule has 21 heavy (non-hydrogen) atoms. The highest BCUT2D eigenvalue weighted by molar-refractivity contribution is 9.10. The van der Waals surface area contributed by atoms with Gasteiger partial charge in [0, 0.05) is 21.8 Å². The molecule has 0 saturated heterocycles. The third-order valence-electron chi connectivity index (χ3n) is 2.63. The van der Waals surface area contributed by atoms with Crippen molar-refractivity contribution >= 4 is 44.9 Å². The van der Waals surface area contributed by atoms with E-state index in [1.54, 1.807) is 37.4 Å². The fourth-order valence-corrected chi connectivity index (χ4v) is 2.36. The van der Waals surface area contributed by atoms with Crippen molar-refractivity contribution in [2.24, 2.45) is 0 Å². The van der Waals surface area contributed by atoms with Crippen molar-refractivity contribution in [3.63, 3.8) is 0 Å². The van der Waals surface area contributed by atoms with Crippen LogP contribution in [0.5, 0.6) is 5.75 Å². The molecule has 0 spiro atoms. The summed E-state index contributed by atoms with van der Waals surface area (Å²) in [5.41, 5.74) is 1.27. The lowest BCUT2D eigenvalue weighted by Gasteiger charge is -2.11. The Morgan fingerprint density at radius 3 is 2.57 bits per heavy atom. The summed E-state index contributed by atoms with van der Waals surface area (Å²) in [7, 11) is 1.58. The molecule has 0 radical (unpaired) electrons. The molecule has 2 aromatic rings. The molecule has 2 aromatic carbocycles. The Labute approximate surface area is 136 Å². The SMILES string of the molecule is COc1cc(Br)cc(NC(=S)NC(=O)c2ccccc2)c1. The van der Waals surface area contributed by atoms with E-state index in [1.807, 2.05) is 18.2 Å². The number of halogens is 1. The van der Waals surface area contributed by atoms with Crippen molar-refractivity contribution in [1.29, 1.82) is 0 Å². The first-order chi connectivity index (χ1) is 10.1. The summed E-state index contributed by atoms with van der Waals surface area (Å²) in [4.78, 5) is 12.0. The van der Waals surface area contributed by atoms with Crippen LogP contribution in [0.2, 0.25) is 0 Å². The molecule has 6 heteroatoms. The van der Waals surface area contributed by atoms with Crippen LogP contribution in [0, 0.1) is 0 Å². The Bertz CT molecular complexity index is 662. The highest BCUT2D eigenvalue weighted by Crippen LogP contribution is 2.24. The molecule has 0 aliphatic rings. The van der Waals surface area contributed by atoms with E-state index in [-0.39, 0.29) is 11.0 Å². The van der Waals surface area contributed by atoms with E-state index < -0.39 is 0 Å².